The number of nitrogens with two attached hydrogens (primary N) is 1. The van der Waals surface area contributed by atoms with Crippen LogP contribution in [0, 0.1) is 0 Å². The van der Waals surface area contributed by atoms with Crippen LogP contribution in [0.15, 0.2) is 53.4 Å². The number of benzene rings is 2. The maximum atomic E-state index is 6.20. The van der Waals surface area contributed by atoms with Gasteiger partial charge in [0, 0.05) is 22.0 Å². The van der Waals surface area contributed by atoms with Crippen molar-refractivity contribution in [1.29, 1.82) is 0 Å². The van der Waals surface area contributed by atoms with Crippen LogP contribution in [-0.4, -0.2) is 12.8 Å². The van der Waals surface area contributed by atoms with Crippen LogP contribution in [0.5, 0.6) is 5.75 Å². The molecule has 1 atom stereocenters. The van der Waals surface area contributed by atoms with Crippen molar-refractivity contribution in [3.63, 3.8) is 0 Å². The third-order valence-electron chi connectivity index (χ3n) is 2.80. The van der Waals surface area contributed by atoms with E-state index in [2.05, 4.69) is 0 Å². The minimum absolute atomic E-state index is 0.234. The van der Waals surface area contributed by atoms with Crippen LogP contribution in [0.1, 0.15) is 11.7 Å². The van der Waals surface area contributed by atoms with Crippen molar-refractivity contribution in [2.24, 2.45) is 5.73 Å². The van der Waals surface area contributed by atoms with Crippen LogP contribution < -0.4 is 10.5 Å². The second kappa shape index (κ2) is 6.85. The summed E-state index contributed by atoms with van der Waals surface area (Å²) < 4.78 is 6.02. The van der Waals surface area contributed by atoms with Gasteiger partial charge in [-0.15, -0.1) is 11.8 Å². The third kappa shape index (κ3) is 3.44. The molecule has 0 saturated carbocycles. The first-order chi connectivity index (χ1) is 9.26. The molecule has 0 spiro atoms. The highest BCUT2D eigenvalue weighted by atomic mass is 35.5. The number of hydrogen-bond donors (Lipinski definition) is 1. The van der Waals surface area contributed by atoms with Crippen molar-refractivity contribution in [3.05, 3.63) is 59.1 Å². The zero-order chi connectivity index (χ0) is 13.7. The number of halogens is 1. The Bertz CT molecular complexity index is 547. The van der Waals surface area contributed by atoms with Crippen LogP contribution in [0.2, 0.25) is 5.02 Å². The van der Waals surface area contributed by atoms with Crippen molar-refractivity contribution < 1.29 is 4.74 Å². The zero-order valence-corrected chi connectivity index (χ0v) is 12.2. The summed E-state index contributed by atoms with van der Waals surface area (Å²) in [5.74, 6) is 0.838. The standard InChI is InChI=1S/C15H16ClNOS/c1-19-15-9-5-4-8-13(15)18-14(10-17)11-6-2-3-7-12(11)16/h2-9,14H,10,17H2,1H3. The van der Waals surface area contributed by atoms with Gasteiger partial charge in [0.15, 0.2) is 0 Å². The summed E-state index contributed by atoms with van der Waals surface area (Å²) in [6.45, 7) is 0.381. The maximum Gasteiger partial charge on any atom is 0.137 e. The van der Waals surface area contributed by atoms with E-state index in [1.807, 2.05) is 54.8 Å². The molecule has 0 aromatic heterocycles. The summed E-state index contributed by atoms with van der Waals surface area (Å²) in [5, 5.41) is 0.680. The Hall–Kier alpha value is -1.16. The van der Waals surface area contributed by atoms with E-state index in [1.165, 1.54) is 0 Å². The van der Waals surface area contributed by atoms with Crippen LogP contribution in [-0.2, 0) is 0 Å². The Balaban J connectivity index is 2.27. The predicted octanol–water partition coefficient (Wildman–Crippen LogP) is 4.14. The molecule has 2 nitrogen and oxygen atoms in total. The van der Waals surface area contributed by atoms with E-state index < -0.39 is 0 Å². The smallest absolute Gasteiger partial charge is 0.137 e. The lowest BCUT2D eigenvalue weighted by Crippen LogP contribution is -2.19. The van der Waals surface area contributed by atoms with E-state index in [9.17, 15) is 0 Å². The maximum absolute atomic E-state index is 6.20. The molecule has 19 heavy (non-hydrogen) atoms. The van der Waals surface area contributed by atoms with Gasteiger partial charge in [0.05, 0.1) is 0 Å². The summed E-state index contributed by atoms with van der Waals surface area (Å²) >= 11 is 7.85. The molecule has 0 heterocycles. The lowest BCUT2D eigenvalue weighted by atomic mass is 10.1. The zero-order valence-electron chi connectivity index (χ0n) is 10.7. The van der Waals surface area contributed by atoms with Gasteiger partial charge < -0.3 is 10.5 Å². The monoisotopic (exact) mass is 293 g/mol. The molecule has 0 aliphatic carbocycles. The van der Waals surface area contributed by atoms with E-state index in [0.29, 0.717) is 11.6 Å². The van der Waals surface area contributed by atoms with Crippen LogP contribution in [0.3, 0.4) is 0 Å². The number of thioether (sulfide) groups is 1. The molecule has 4 heteroatoms. The van der Waals surface area contributed by atoms with Gasteiger partial charge in [-0.25, -0.2) is 0 Å². The Morgan fingerprint density at radius 3 is 2.53 bits per heavy atom. The fraction of sp³-hybridized carbons (Fsp3) is 0.200. The highest BCUT2D eigenvalue weighted by Crippen LogP contribution is 2.32. The molecule has 0 aliphatic rings. The highest BCUT2D eigenvalue weighted by molar-refractivity contribution is 7.98. The van der Waals surface area contributed by atoms with Crippen molar-refractivity contribution in [2.75, 3.05) is 12.8 Å². The van der Waals surface area contributed by atoms with E-state index in [-0.39, 0.29) is 6.10 Å². The topological polar surface area (TPSA) is 35.2 Å². The van der Waals surface area contributed by atoms with Gasteiger partial charge in [0.25, 0.3) is 0 Å². The number of para-hydroxylation sites is 1. The van der Waals surface area contributed by atoms with Crippen molar-refractivity contribution in [2.45, 2.75) is 11.0 Å². The van der Waals surface area contributed by atoms with Gasteiger partial charge in [-0.2, -0.15) is 0 Å². The molecule has 0 aliphatic heterocycles. The normalized spacial score (nSPS) is 12.2. The Morgan fingerprint density at radius 1 is 1.16 bits per heavy atom. The molecule has 0 radical (unpaired) electrons. The van der Waals surface area contributed by atoms with Crippen LogP contribution in [0.4, 0.5) is 0 Å². The van der Waals surface area contributed by atoms with Crippen molar-refractivity contribution >= 4 is 23.4 Å². The van der Waals surface area contributed by atoms with E-state index in [4.69, 9.17) is 22.1 Å². The minimum Gasteiger partial charge on any atom is -0.483 e. The van der Waals surface area contributed by atoms with E-state index in [1.54, 1.807) is 11.8 Å². The molecular formula is C15H16ClNOS. The van der Waals surface area contributed by atoms with Crippen LogP contribution in [0.25, 0.3) is 0 Å². The largest absolute Gasteiger partial charge is 0.483 e. The molecular weight excluding hydrogens is 278 g/mol. The summed E-state index contributed by atoms with van der Waals surface area (Å²) in [4.78, 5) is 1.09. The second-order valence-corrected chi connectivity index (χ2v) is 5.27. The van der Waals surface area contributed by atoms with Crippen molar-refractivity contribution in [3.8, 4) is 5.75 Å². The Morgan fingerprint density at radius 2 is 1.84 bits per heavy atom. The Labute approximate surface area is 122 Å². The molecule has 0 fully saturated rings. The first kappa shape index (κ1) is 14.3. The molecule has 2 aromatic rings. The lowest BCUT2D eigenvalue weighted by Gasteiger charge is -2.20. The number of ether oxygens (including phenoxy) is 1. The first-order valence-corrected chi connectivity index (χ1v) is 7.60. The summed E-state index contributed by atoms with van der Waals surface area (Å²) in [6.07, 6.45) is 1.79. The molecule has 0 bridgehead atoms. The SMILES string of the molecule is CSc1ccccc1OC(CN)c1ccccc1Cl. The van der Waals surface area contributed by atoms with E-state index >= 15 is 0 Å². The fourth-order valence-corrected chi connectivity index (χ4v) is 2.63. The molecule has 2 rings (SSSR count). The van der Waals surface area contributed by atoms with Crippen LogP contribution >= 0.6 is 23.4 Å². The summed E-state index contributed by atoms with van der Waals surface area (Å²) in [5.41, 5.74) is 6.74. The van der Waals surface area contributed by atoms with E-state index in [0.717, 1.165) is 16.2 Å². The predicted molar refractivity (Wildman–Crippen MR) is 82.1 cm³/mol. The molecule has 0 amide bonds. The average molecular weight is 294 g/mol. The van der Waals surface area contributed by atoms with Gasteiger partial charge in [-0.05, 0) is 24.5 Å². The molecule has 1 unspecified atom stereocenters. The van der Waals surface area contributed by atoms with Gasteiger partial charge in [-0.3, -0.25) is 0 Å². The number of rotatable bonds is 5. The van der Waals surface area contributed by atoms with Gasteiger partial charge in [-0.1, -0.05) is 41.9 Å². The van der Waals surface area contributed by atoms with Gasteiger partial charge >= 0.3 is 0 Å². The molecule has 100 valence electrons. The van der Waals surface area contributed by atoms with Gasteiger partial charge in [0.1, 0.15) is 11.9 Å². The molecule has 2 aromatic carbocycles. The minimum atomic E-state index is -0.234. The molecule has 0 saturated heterocycles. The third-order valence-corrected chi connectivity index (χ3v) is 3.93. The summed E-state index contributed by atoms with van der Waals surface area (Å²) in [6, 6.07) is 15.6. The number of hydrogen-bond acceptors (Lipinski definition) is 3. The first-order valence-electron chi connectivity index (χ1n) is 6.00. The second-order valence-electron chi connectivity index (χ2n) is 4.01. The molecule has 2 N–H and O–H groups in total. The summed E-state index contributed by atoms with van der Waals surface area (Å²) in [7, 11) is 0. The van der Waals surface area contributed by atoms with Gasteiger partial charge in [0.2, 0.25) is 0 Å². The van der Waals surface area contributed by atoms with Crippen molar-refractivity contribution in [1.82, 2.24) is 0 Å². The quantitative estimate of drug-likeness (QED) is 0.842. The highest BCUT2D eigenvalue weighted by Gasteiger charge is 2.16. The Kier molecular flexibility index (Phi) is 5.14. The fourth-order valence-electron chi connectivity index (χ4n) is 1.84. The lowest BCUT2D eigenvalue weighted by molar-refractivity contribution is 0.209. The average Bonchev–Trinajstić information content (AvgIpc) is 2.46.